The van der Waals surface area contributed by atoms with E-state index in [2.05, 4.69) is 22.3 Å². The zero-order chi connectivity index (χ0) is 21.3. The summed E-state index contributed by atoms with van der Waals surface area (Å²) >= 11 is 0. The van der Waals surface area contributed by atoms with E-state index in [0.717, 1.165) is 17.7 Å². The predicted octanol–water partition coefficient (Wildman–Crippen LogP) is 3.40. The van der Waals surface area contributed by atoms with Crippen molar-refractivity contribution in [3.8, 4) is 5.69 Å². The maximum absolute atomic E-state index is 12.9. The summed E-state index contributed by atoms with van der Waals surface area (Å²) in [6, 6.07) is 13.6. The second kappa shape index (κ2) is 7.94. The van der Waals surface area contributed by atoms with Gasteiger partial charge in [-0.05, 0) is 61.2 Å². The number of carbonyl (C=O) groups is 1. The third-order valence-corrected chi connectivity index (χ3v) is 5.25. The molecular formula is C23H23N5O2. The highest BCUT2D eigenvalue weighted by atomic mass is 16.2. The molecule has 2 heterocycles. The molecule has 0 spiro atoms. The molecule has 0 unspecified atom stereocenters. The Morgan fingerprint density at radius 1 is 1.07 bits per heavy atom. The summed E-state index contributed by atoms with van der Waals surface area (Å²) in [5, 5.41) is 7.53. The van der Waals surface area contributed by atoms with E-state index >= 15 is 0 Å². The standard InChI is InChI=1S/C23H23N5O2/c1-4-17-6-8-18(9-7-17)26-21(29)13-27-14-24-22-20(23(27)30)12-25-28(22)19-10-5-15(2)16(3)11-19/h5-12,14H,4,13H2,1-3H3,(H,26,29). The minimum atomic E-state index is -0.299. The van der Waals surface area contributed by atoms with Crippen LogP contribution in [0, 0.1) is 13.8 Å². The van der Waals surface area contributed by atoms with E-state index in [0.29, 0.717) is 16.7 Å². The normalized spacial score (nSPS) is 11.0. The number of hydrogen-bond acceptors (Lipinski definition) is 4. The van der Waals surface area contributed by atoms with Crippen LogP contribution in [0.1, 0.15) is 23.6 Å². The first kappa shape index (κ1) is 19.6. The molecule has 30 heavy (non-hydrogen) atoms. The topological polar surface area (TPSA) is 81.8 Å². The summed E-state index contributed by atoms with van der Waals surface area (Å²) in [6.45, 7) is 6.02. The van der Waals surface area contributed by atoms with Gasteiger partial charge in [0.2, 0.25) is 5.91 Å². The molecule has 7 heteroatoms. The Bertz CT molecular complexity index is 1290. The van der Waals surface area contributed by atoms with Crippen LogP contribution in [0.15, 0.2) is 59.8 Å². The van der Waals surface area contributed by atoms with Crippen molar-refractivity contribution in [3.63, 3.8) is 0 Å². The summed E-state index contributed by atoms with van der Waals surface area (Å²) in [5.74, 6) is -0.288. The van der Waals surface area contributed by atoms with Crippen molar-refractivity contribution in [2.24, 2.45) is 0 Å². The summed E-state index contributed by atoms with van der Waals surface area (Å²) in [5.41, 5.74) is 5.21. The molecule has 0 bridgehead atoms. The van der Waals surface area contributed by atoms with E-state index in [1.165, 1.54) is 28.2 Å². The average Bonchev–Trinajstić information content (AvgIpc) is 3.17. The van der Waals surface area contributed by atoms with E-state index in [1.807, 2.05) is 56.3 Å². The first-order valence-electron chi connectivity index (χ1n) is 9.86. The second-order valence-electron chi connectivity index (χ2n) is 7.34. The first-order valence-corrected chi connectivity index (χ1v) is 9.86. The summed E-state index contributed by atoms with van der Waals surface area (Å²) in [4.78, 5) is 29.7. The van der Waals surface area contributed by atoms with Gasteiger partial charge >= 0.3 is 0 Å². The maximum Gasteiger partial charge on any atom is 0.264 e. The van der Waals surface area contributed by atoms with Crippen molar-refractivity contribution < 1.29 is 4.79 Å². The molecule has 0 saturated heterocycles. The number of anilines is 1. The zero-order valence-electron chi connectivity index (χ0n) is 17.2. The first-order chi connectivity index (χ1) is 14.5. The highest BCUT2D eigenvalue weighted by Crippen LogP contribution is 2.17. The van der Waals surface area contributed by atoms with Gasteiger partial charge in [0, 0.05) is 5.69 Å². The number of hydrogen-bond donors (Lipinski definition) is 1. The minimum absolute atomic E-state index is 0.119. The maximum atomic E-state index is 12.9. The summed E-state index contributed by atoms with van der Waals surface area (Å²) < 4.78 is 2.94. The number of aromatic nitrogens is 4. The molecular weight excluding hydrogens is 378 g/mol. The van der Waals surface area contributed by atoms with E-state index in [-0.39, 0.29) is 18.0 Å². The van der Waals surface area contributed by atoms with Crippen molar-refractivity contribution in [1.82, 2.24) is 19.3 Å². The summed E-state index contributed by atoms with van der Waals surface area (Å²) in [6.07, 6.45) is 3.83. The number of nitrogens with one attached hydrogen (secondary N) is 1. The lowest BCUT2D eigenvalue weighted by atomic mass is 10.1. The van der Waals surface area contributed by atoms with E-state index in [1.54, 1.807) is 4.68 Å². The van der Waals surface area contributed by atoms with Crippen molar-refractivity contribution in [1.29, 1.82) is 0 Å². The number of rotatable bonds is 5. The van der Waals surface area contributed by atoms with Gasteiger partial charge in [-0.2, -0.15) is 5.10 Å². The van der Waals surface area contributed by atoms with Crippen LogP contribution in [0.5, 0.6) is 0 Å². The lowest BCUT2D eigenvalue weighted by molar-refractivity contribution is -0.116. The fourth-order valence-electron chi connectivity index (χ4n) is 3.29. The van der Waals surface area contributed by atoms with Gasteiger partial charge in [-0.3, -0.25) is 14.2 Å². The lowest BCUT2D eigenvalue weighted by Crippen LogP contribution is -2.27. The van der Waals surface area contributed by atoms with Crippen molar-refractivity contribution in [2.45, 2.75) is 33.7 Å². The highest BCUT2D eigenvalue weighted by Gasteiger charge is 2.14. The largest absolute Gasteiger partial charge is 0.325 e. The Hall–Kier alpha value is -3.74. The molecule has 1 amide bonds. The third kappa shape index (κ3) is 3.74. The molecule has 0 aliphatic carbocycles. The van der Waals surface area contributed by atoms with Gasteiger partial charge in [0.25, 0.3) is 5.56 Å². The molecule has 0 atom stereocenters. The van der Waals surface area contributed by atoms with Crippen LogP contribution in [0.4, 0.5) is 5.69 Å². The van der Waals surface area contributed by atoms with Gasteiger partial charge in [0.1, 0.15) is 18.3 Å². The Morgan fingerprint density at radius 3 is 2.53 bits per heavy atom. The van der Waals surface area contributed by atoms with Crippen molar-refractivity contribution in [3.05, 3.63) is 82.0 Å². The average molecular weight is 401 g/mol. The van der Waals surface area contributed by atoms with Gasteiger partial charge in [-0.25, -0.2) is 9.67 Å². The van der Waals surface area contributed by atoms with Crippen molar-refractivity contribution in [2.75, 3.05) is 5.32 Å². The SMILES string of the molecule is CCc1ccc(NC(=O)Cn2cnc3c(cnn3-c3ccc(C)c(C)c3)c2=O)cc1. The second-order valence-corrected chi connectivity index (χ2v) is 7.34. The van der Waals surface area contributed by atoms with E-state index in [9.17, 15) is 9.59 Å². The Kier molecular flexibility index (Phi) is 5.18. The number of benzene rings is 2. The fourth-order valence-corrected chi connectivity index (χ4v) is 3.29. The molecule has 7 nitrogen and oxygen atoms in total. The molecule has 152 valence electrons. The fraction of sp³-hybridized carbons (Fsp3) is 0.217. The Labute approximate surface area is 174 Å². The smallest absolute Gasteiger partial charge is 0.264 e. The van der Waals surface area contributed by atoms with Crippen LogP contribution >= 0.6 is 0 Å². The monoisotopic (exact) mass is 401 g/mol. The predicted molar refractivity (Wildman–Crippen MR) is 117 cm³/mol. The van der Waals surface area contributed by atoms with Gasteiger partial charge in [-0.15, -0.1) is 0 Å². The van der Waals surface area contributed by atoms with Gasteiger partial charge in [0.05, 0.1) is 11.9 Å². The van der Waals surface area contributed by atoms with Crippen LogP contribution in [0.25, 0.3) is 16.7 Å². The van der Waals surface area contributed by atoms with E-state index < -0.39 is 0 Å². The van der Waals surface area contributed by atoms with Gasteiger partial charge in [0.15, 0.2) is 5.65 Å². The molecule has 2 aromatic carbocycles. The number of amides is 1. The van der Waals surface area contributed by atoms with Crippen LogP contribution < -0.4 is 10.9 Å². The van der Waals surface area contributed by atoms with Crippen LogP contribution in [0.3, 0.4) is 0 Å². The van der Waals surface area contributed by atoms with Gasteiger partial charge in [-0.1, -0.05) is 25.1 Å². The van der Waals surface area contributed by atoms with Gasteiger partial charge < -0.3 is 5.32 Å². The zero-order valence-corrected chi connectivity index (χ0v) is 17.2. The van der Waals surface area contributed by atoms with Crippen molar-refractivity contribution >= 4 is 22.6 Å². The Balaban J connectivity index is 1.58. The van der Waals surface area contributed by atoms with Crippen LogP contribution in [-0.4, -0.2) is 25.2 Å². The molecule has 4 aromatic rings. The number of nitrogens with zero attached hydrogens (tertiary/aromatic N) is 4. The molecule has 0 fully saturated rings. The Morgan fingerprint density at radius 2 is 1.83 bits per heavy atom. The molecule has 4 rings (SSSR count). The summed E-state index contributed by atoms with van der Waals surface area (Å²) in [7, 11) is 0. The molecule has 0 aliphatic rings. The lowest BCUT2D eigenvalue weighted by Gasteiger charge is -2.09. The number of aryl methyl sites for hydroxylation is 3. The molecule has 0 aliphatic heterocycles. The minimum Gasteiger partial charge on any atom is -0.325 e. The number of fused-ring (bicyclic) bond motifs is 1. The third-order valence-electron chi connectivity index (χ3n) is 5.25. The molecule has 2 aromatic heterocycles. The van der Waals surface area contributed by atoms with E-state index in [4.69, 9.17) is 0 Å². The molecule has 1 N–H and O–H groups in total. The highest BCUT2D eigenvalue weighted by molar-refractivity contribution is 5.90. The van der Waals surface area contributed by atoms with Crippen LogP contribution in [0.2, 0.25) is 0 Å². The molecule has 0 radical (unpaired) electrons. The quantitative estimate of drug-likeness (QED) is 0.556. The molecule has 0 saturated carbocycles. The van der Waals surface area contributed by atoms with Crippen LogP contribution in [-0.2, 0) is 17.8 Å². The number of carbonyl (C=O) groups excluding carboxylic acids is 1.